The fraction of sp³-hybridized carbons (Fsp3) is 0.861. The summed E-state index contributed by atoms with van der Waals surface area (Å²) in [7, 11) is -3.64. The van der Waals surface area contributed by atoms with E-state index in [1.54, 1.807) is 39.5 Å². The van der Waals surface area contributed by atoms with Crippen molar-refractivity contribution < 1.29 is 32.4 Å². The molecule has 1 heterocycles. The first-order valence-electron chi connectivity index (χ1n) is 18.2. The maximum Gasteiger partial charge on any atom is 0.315 e. The summed E-state index contributed by atoms with van der Waals surface area (Å²) in [6, 6.07) is -2.53. The van der Waals surface area contributed by atoms with Crippen LogP contribution >= 0.6 is 0 Å². The molecule has 0 bridgehead atoms. The lowest BCUT2D eigenvalue weighted by Crippen LogP contribution is -2.66. The third-order valence-electron chi connectivity index (χ3n) is 12.2. The summed E-state index contributed by atoms with van der Waals surface area (Å²) in [5, 5.41) is 10.6. The highest BCUT2D eigenvalue weighted by atomic mass is 32.2. The SMILES string of the molecule is CCNC(=O)C(=O)[C@@]1(NC(=O)[C@@H]2[C@@H]3[C@H](CN2C(=O)[C@@H](NC(=O)NC2([C@@H](C)S(=O)(=O)C(C)(C)C)CCCCC2)C(C)(C)C)C3(C)C)C[C@@H]1CC. The molecule has 0 aromatic carbocycles. The molecule has 0 radical (unpaired) electrons. The van der Waals surface area contributed by atoms with Crippen LogP contribution in [0.2, 0.25) is 0 Å². The van der Waals surface area contributed by atoms with E-state index in [9.17, 15) is 32.4 Å². The van der Waals surface area contributed by atoms with Crippen LogP contribution in [0.5, 0.6) is 0 Å². The molecule has 0 unspecified atom stereocenters. The summed E-state index contributed by atoms with van der Waals surface area (Å²) in [5.41, 5.74) is -3.25. The van der Waals surface area contributed by atoms with Crippen LogP contribution in [0.4, 0.5) is 4.79 Å². The number of ketones is 1. The van der Waals surface area contributed by atoms with E-state index in [0.717, 1.165) is 19.3 Å². The van der Waals surface area contributed by atoms with Crippen LogP contribution in [-0.4, -0.2) is 89.1 Å². The largest absolute Gasteiger partial charge is 0.350 e. The highest BCUT2D eigenvalue weighted by Gasteiger charge is 2.71. The number of carbonyl (C=O) groups excluding carboxylic acids is 5. The van der Waals surface area contributed by atoms with Crippen molar-refractivity contribution in [3.8, 4) is 0 Å². The standard InChI is InChI=1S/C36H61N5O7S/c1-12-22-19-36(22,27(42)29(44)37-13-2)39-28(43)25-24-23(34(24,10)11)20-41(25)30(45)26(32(4,5)6)38-31(46)40-35(17-15-14-16-18-35)21(3)49(47,48)33(7,8)9/h21-26H,12-20H2,1-11H3,(H,37,44)(H,39,43)(H2,38,40,46)/t21-,22+,23+,24+,25+,26-,36-/m1/s1. The number of hydrogen-bond donors (Lipinski definition) is 4. The maximum atomic E-state index is 14.5. The van der Waals surface area contributed by atoms with Gasteiger partial charge in [-0.25, -0.2) is 13.2 Å². The van der Waals surface area contributed by atoms with Crippen LogP contribution in [-0.2, 0) is 29.0 Å². The van der Waals surface area contributed by atoms with Crippen molar-refractivity contribution in [3.05, 3.63) is 0 Å². The molecule has 4 N–H and O–H groups in total. The van der Waals surface area contributed by atoms with Crippen LogP contribution in [0.3, 0.4) is 0 Å². The first kappa shape index (κ1) is 39.1. The molecule has 1 saturated heterocycles. The van der Waals surface area contributed by atoms with Crippen LogP contribution < -0.4 is 21.3 Å². The average Bonchev–Trinajstić information content (AvgIpc) is 3.76. The van der Waals surface area contributed by atoms with Crippen molar-refractivity contribution in [2.75, 3.05) is 13.1 Å². The number of fused-ring (bicyclic) bond motifs is 1. The summed E-state index contributed by atoms with van der Waals surface area (Å²) >= 11 is 0. The minimum atomic E-state index is -3.64. The van der Waals surface area contributed by atoms with Crippen molar-refractivity contribution in [1.29, 1.82) is 0 Å². The number of rotatable bonds is 11. The number of carbonyl (C=O) groups is 5. The Labute approximate surface area is 293 Å². The number of nitrogens with one attached hydrogen (secondary N) is 4. The molecule has 4 fully saturated rings. The Kier molecular flexibility index (Phi) is 10.5. The van der Waals surface area contributed by atoms with E-state index in [4.69, 9.17) is 0 Å². The van der Waals surface area contributed by atoms with Gasteiger partial charge in [-0.05, 0) is 82.5 Å². The Hall–Kier alpha value is -2.70. The van der Waals surface area contributed by atoms with Crippen LogP contribution in [0.25, 0.3) is 0 Å². The van der Waals surface area contributed by atoms with Crippen LogP contribution in [0.15, 0.2) is 0 Å². The molecule has 1 aliphatic heterocycles. The highest BCUT2D eigenvalue weighted by molar-refractivity contribution is 7.93. The number of Topliss-reactive ketones (excluding diaryl/α,β-unsaturated/α-hetero) is 1. The molecule has 278 valence electrons. The van der Waals surface area contributed by atoms with Gasteiger partial charge in [-0.15, -0.1) is 0 Å². The zero-order chi connectivity index (χ0) is 37.1. The molecule has 7 atom stereocenters. The van der Waals surface area contributed by atoms with Crippen molar-refractivity contribution in [2.45, 2.75) is 154 Å². The highest BCUT2D eigenvalue weighted by Crippen LogP contribution is 2.65. The lowest BCUT2D eigenvalue weighted by Gasteiger charge is -2.45. The predicted molar refractivity (Wildman–Crippen MR) is 188 cm³/mol. The van der Waals surface area contributed by atoms with Crippen molar-refractivity contribution in [3.63, 3.8) is 0 Å². The summed E-state index contributed by atoms with van der Waals surface area (Å²) in [6.45, 7) is 20.6. The third-order valence-corrected chi connectivity index (χ3v) is 15.3. The van der Waals surface area contributed by atoms with Gasteiger partial charge in [-0.2, -0.15) is 0 Å². The first-order chi connectivity index (χ1) is 22.4. The number of likely N-dealkylation sites (tertiary alicyclic amines) is 1. The van der Waals surface area contributed by atoms with Crippen LogP contribution in [0, 0.1) is 28.6 Å². The van der Waals surface area contributed by atoms with Gasteiger partial charge in [0.15, 0.2) is 9.84 Å². The van der Waals surface area contributed by atoms with E-state index >= 15 is 0 Å². The second kappa shape index (κ2) is 13.1. The van der Waals surface area contributed by atoms with Crippen molar-refractivity contribution in [1.82, 2.24) is 26.2 Å². The third kappa shape index (κ3) is 6.98. The molecule has 4 rings (SSSR count). The fourth-order valence-electron chi connectivity index (χ4n) is 8.71. The number of likely N-dealkylation sites (N-methyl/N-ethyl adjacent to an activating group) is 1. The summed E-state index contributed by atoms with van der Waals surface area (Å²) in [5.74, 6) is -2.52. The summed E-state index contributed by atoms with van der Waals surface area (Å²) in [4.78, 5) is 70.0. The summed E-state index contributed by atoms with van der Waals surface area (Å²) < 4.78 is 26.2. The van der Waals surface area contributed by atoms with Gasteiger partial charge < -0.3 is 26.2 Å². The van der Waals surface area contributed by atoms with Gasteiger partial charge in [0.05, 0.1) is 15.5 Å². The molecule has 12 nitrogen and oxygen atoms in total. The monoisotopic (exact) mass is 707 g/mol. The minimum absolute atomic E-state index is 0.0619. The number of nitrogens with zero attached hydrogens (tertiary/aromatic N) is 1. The van der Waals surface area contributed by atoms with Gasteiger partial charge in [0.25, 0.3) is 5.91 Å². The smallest absolute Gasteiger partial charge is 0.315 e. The quantitative estimate of drug-likeness (QED) is 0.238. The van der Waals surface area contributed by atoms with Gasteiger partial charge >= 0.3 is 6.03 Å². The molecule has 13 heteroatoms. The molecule has 3 saturated carbocycles. The molecule has 49 heavy (non-hydrogen) atoms. The Morgan fingerprint density at radius 1 is 0.918 bits per heavy atom. The molecule has 0 aromatic rings. The van der Waals surface area contributed by atoms with Gasteiger partial charge in [0, 0.05) is 13.1 Å². The van der Waals surface area contributed by atoms with Gasteiger partial charge in [0.2, 0.25) is 17.6 Å². The molecular weight excluding hydrogens is 646 g/mol. The van der Waals surface area contributed by atoms with Crippen molar-refractivity contribution in [2.24, 2.45) is 28.6 Å². The fourth-order valence-corrected chi connectivity index (χ4v) is 10.7. The van der Waals surface area contributed by atoms with E-state index in [1.165, 1.54) is 0 Å². The topological polar surface area (TPSA) is 171 Å². The number of urea groups is 1. The van der Waals surface area contributed by atoms with E-state index in [2.05, 4.69) is 35.1 Å². The number of hydrogen-bond acceptors (Lipinski definition) is 7. The molecular formula is C36H61N5O7S. The minimum Gasteiger partial charge on any atom is -0.350 e. The Balaban J connectivity index is 1.59. The zero-order valence-corrected chi connectivity index (χ0v) is 32.4. The summed E-state index contributed by atoms with van der Waals surface area (Å²) in [6.07, 6.45) is 4.48. The van der Waals surface area contributed by atoms with E-state index in [1.807, 2.05) is 27.7 Å². The number of piperidine rings is 1. The first-order valence-corrected chi connectivity index (χ1v) is 19.7. The second-order valence-electron chi connectivity index (χ2n) is 17.8. The second-order valence-corrected chi connectivity index (χ2v) is 20.8. The Morgan fingerprint density at radius 2 is 1.51 bits per heavy atom. The van der Waals surface area contributed by atoms with Gasteiger partial charge in [-0.3, -0.25) is 19.2 Å². The Bertz CT molecular complexity index is 1460. The molecule has 4 aliphatic rings. The number of sulfone groups is 1. The lowest BCUT2D eigenvalue weighted by atomic mass is 9.79. The van der Waals surface area contributed by atoms with Crippen LogP contribution in [0.1, 0.15) is 121 Å². The van der Waals surface area contributed by atoms with Gasteiger partial charge in [-0.1, -0.05) is 67.2 Å². The average molecular weight is 708 g/mol. The zero-order valence-electron chi connectivity index (χ0n) is 31.5. The van der Waals surface area contributed by atoms with E-state index < -0.39 is 77.9 Å². The maximum absolute atomic E-state index is 14.5. The van der Waals surface area contributed by atoms with Crippen molar-refractivity contribution >= 4 is 39.4 Å². The lowest BCUT2D eigenvalue weighted by molar-refractivity contribution is -0.145. The molecule has 0 spiro atoms. The van der Waals surface area contributed by atoms with Gasteiger partial charge in [0.1, 0.15) is 17.6 Å². The van der Waals surface area contributed by atoms with E-state index in [-0.39, 0.29) is 29.7 Å². The molecule has 3 aliphatic carbocycles. The Morgan fingerprint density at radius 3 is 2.00 bits per heavy atom. The number of amides is 5. The molecule has 0 aromatic heterocycles. The normalized spacial score (nSPS) is 29.9. The predicted octanol–water partition coefficient (Wildman–Crippen LogP) is 3.48. The van der Waals surface area contributed by atoms with E-state index in [0.29, 0.717) is 32.2 Å². The molecule has 5 amide bonds.